The van der Waals surface area contributed by atoms with E-state index in [4.69, 9.17) is 4.74 Å². The first-order valence-corrected chi connectivity index (χ1v) is 4.78. The van der Waals surface area contributed by atoms with Crippen LogP contribution in [0.4, 0.5) is 0 Å². The third-order valence-corrected chi connectivity index (χ3v) is 2.51. The number of benzene rings is 1. The Kier molecular flexibility index (Phi) is 3.28. The summed E-state index contributed by atoms with van der Waals surface area (Å²) in [5, 5.41) is 0. The Morgan fingerprint density at radius 1 is 1.29 bits per heavy atom. The average molecular weight is 192 g/mol. The first-order valence-electron chi connectivity index (χ1n) is 4.78. The number of aryl methyl sites for hydroxylation is 3. The van der Waals surface area contributed by atoms with Gasteiger partial charge in [-0.25, -0.2) is 4.79 Å². The molecule has 0 radical (unpaired) electrons. The maximum Gasteiger partial charge on any atom is 0.338 e. The number of ether oxygens (including phenoxy) is 1. The van der Waals surface area contributed by atoms with E-state index in [9.17, 15) is 4.79 Å². The van der Waals surface area contributed by atoms with Gasteiger partial charge in [0.05, 0.1) is 12.7 Å². The lowest BCUT2D eigenvalue weighted by Gasteiger charge is -2.09. The van der Waals surface area contributed by atoms with E-state index in [2.05, 4.69) is 13.0 Å². The summed E-state index contributed by atoms with van der Waals surface area (Å²) in [5.41, 5.74) is 4.09. The number of carbonyl (C=O) groups is 1. The normalized spacial score (nSPS) is 10.0. The van der Waals surface area contributed by atoms with Crippen molar-refractivity contribution in [1.29, 1.82) is 0 Å². The summed E-state index contributed by atoms with van der Waals surface area (Å²) in [7, 11) is 1.41. The minimum Gasteiger partial charge on any atom is -0.465 e. The molecule has 0 N–H and O–H groups in total. The van der Waals surface area contributed by atoms with E-state index in [-0.39, 0.29) is 5.97 Å². The van der Waals surface area contributed by atoms with Crippen LogP contribution in [0, 0.1) is 13.8 Å². The molecule has 0 saturated heterocycles. The van der Waals surface area contributed by atoms with Gasteiger partial charge in [-0.05, 0) is 43.0 Å². The predicted octanol–water partition coefficient (Wildman–Crippen LogP) is 2.65. The van der Waals surface area contributed by atoms with Crippen LogP contribution in [0.2, 0.25) is 0 Å². The fraction of sp³-hybridized carbons (Fsp3) is 0.417. The van der Waals surface area contributed by atoms with Crippen molar-refractivity contribution in [3.8, 4) is 0 Å². The van der Waals surface area contributed by atoms with Gasteiger partial charge in [0, 0.05) is 0 Å². The lowest BCUT2D eigenvalue weighted by molar-refractivity contribution is 0.0599. The van der Waals surface area contributed by atoms with Crippen LogP contribution in [0.3, 0.4) is 0 Å². The Morgan fingerprint density at radius 2 is 1.86 bits per heavy atom. The zero-order valence-electron chi connectivity index (χ0n) is 9.18. The third kappa shape index (κ3) is 1.95. The van der Waals surface area contributed by atoms with E-state index in [0.717, 1.165) is 17.5 Å². The van der Waals surface area contributed by atoms with E-state index < -0.39 is 0 Å². The number of methoxy groups -OCH3 is 1. The highest BCUT2D eigenvalue weighted by Gasteiger charge is 2.11. The van der Waals surface area contributed by atoms with Crippen molar-refractivity contribution in [2.24, 2.45) is 0 Å². The number of hydrogen-bond donors (Lipinski definition) is 0. The van der Waals surface area contributed by atoms with Gasteiger partial charge < -0.3 is 4.74 Å². The molecule has 0 saturated carbocycles. The Morgan fingerprint density at radius 3 is 2.36 bits per heavy atom. The summed E-state index contributed by atoms with van der Waals surface area (Å²) in [5.74, 6) is -0.245. The molecular weight excluding hydrogens is 176 g/mol. The molecule has 1 aromatic rings. The summed E-state index contributed by atoms with van der Waals surface area (Å²) < 4.78 is 4.73. The summed E-state index contributed by atoms with van der Waals surface area (Å²) >= 11 is 0. The van der Waals surface area contributed by atoms with E-state index in [0.29, 0.717) is 5.56 Å². The molecule has 0 fully saturated rings. The second-order valence-electron chi connectivity index (χ2n) is 3.44. The second-order valence-corrected chi connectivity index (χ2v) is 3.44. The highest BCUT2D eigenvalue weighted by Crippen LogP contribution is 2.17. The zero-order valence-corrected chi connectivity index (χ0v) is 9.18. The molecule has 0 bridgehead atoms. The molecule has 1 rings (SSSR count). The number of hydrogen-bond acceptors (Lipinski definition) is 2. The summed E-state index contributed by atoms with van der Waals surface area (Å²) in [6, 6.07) is 3.96. The maximum absolute atomic E-state index is 11.4. The topological polar surface area (TPSA) is 26.3 Å². The van der Waals surface area contributed by atoms with Crippen molar-refractivity contribution in [3.05, 3.63) is 34.4 Å². The largest absolute Gasteiger partial charge is 0.465 e. The van der Waals surface area contributed by atoms with Crippen LogP contribution in [0.5, 0.6) is 0 Å². The molecule has 0 aliphatic rings. The number of carbonyl (C=O) groups excluding carboxylic acids is 1. The molecule has 76 valence electrons. The van der Waals surface area contributed by atoms with Crippen LogP contribution in [0.25, 0.3) is 0 Å². The fourth-order valence-electron chi connectivity index (χ4n) is 1.47. The van der Waals surface area contributed by atoms with E-state index >= 15 is 0 Å². The van der Waals surface area contributed by atoms with Gasteiger partial charge in [-0.3, -0.25) is 0 Å². The minimum atomic E-state index is -0.245. The molecule has 0 amide bonds. The molecule has 2 heteroatoms. The van der Waals surface area contributed by atoms with Crippen LogP contribution in [0.15, 0.2) is 12.1 Å². The lowest BCUT2D eigenvalue weighted by Crippen LogP contribution is -2.06. The van der Waals surface area contributed by atoms with Gasteiger partial charge in [0.2, 0.25) is 0 Å². The van der Waals surface area contributed by atoms with Gasteiger partial charge in [-0.2, -0.15) is 0 Å². The molecule has 0 aliphatic carbocycles. The first kappa shape index (κ1) is 10.8. The van der Waals surface area contributed by atoms with Gasteiger partial charge >= 0.3 is 5.97 Å². The van der Waals surface area contributed by atoms with Gasteiger partial charge in [-0.1, -0.05) is 13.0 Å². The highest BCUT2D eigenvalue weighted by atomic mass is 16.5. The van der Waals surface area contributed by atoms with Crippen molar-refractivity contribution < 1.29 is 9.53 Å². The van der Waals surface area contributed by atoms with Crippen molar-refractivity contribution in [1.82, 2.24) is 0 Å². The summed E-state index contributed by atoms with van der Waals surface area (Å²) in [6.07, 6.45) is 0.853. The summed E-state index contributed by atoms with van der Waals surface area (Å²) in [4.78, 5) is 11.4. The average Bonchev–Trinajstić information content (AvgIpc) is 2.20. The standard InChI is InChI=1S/C12H16O2/c1-5-10-6-8(2)9(3)7-11(10)12(13)14-4/h6-7H,5H2,1-4H3. The van der Waals surface area contributed by atoms with Crippen LogP contribution < -0.4 is 0 Å². The predicted molar refractivity (Wildman–Crippen MR) is 56.6 cm³/mol. The first-order chi connectivity index (χ1) is 6.60. The Balaban J connectivity index is 3.27. The molecule has 14 heavy (non-hydrogen) atoms. The Bertz CT molecular complexity index is 354. The zero-order chi connectivity index (χ0) is 10.7. The molecule has 0 atom stereocenters. The van der Waals surface area contributed by atoms with Gasteiger partial charge in [0.1, 0.15) is 0 Å². The van der Waals surface area contributed by atoms with Crippen LogP contribution in [-0.4, -0.2) is 13.1 Å². The quantitative estimate of drug-likeness (QED) is 0.673. The molecule has 0 spiro atoms. The van der Waals surface area contributed by atoms with Crippen LogP contribution in [-0.2, 0) is 11.2 Å². The molecule has 0 unspecified atom stereocenters. The monoisotopic (exact) mass is 192 g/mol. The lowest BCUT2D eigenvalue weighted by atomic mass is 9.98. The number of esters is 1. The van der Waals surface area contributed by atoms with Crippen LogP contribution >= 0.6 is 0 Å². The van der Waals surface area contributed by atoms with Gasteiger partial charge in [-0.15, -0.1) is 0 Å². The van der Waals surface area contributed by atoms with Crippen molar-refractivity contribution in [3.63, 3.8) is 0 Å². The maximum atomic E-state index is 11.4. The molecule has 0 heterocycles. The SMILES string of the molecule is CCc1cc(C)c(C)cc1C(=O)OC. The molecule has 1 aromatic carbocycles. The van der Waals surface area contributed by atoms with Gasteiger partial charge in [0.25, 0.3) is 0 Å². The van der Waals surface area contributed by atoms with E-state index in [1.807, 2.05) is 19.9 Å². The van der Waals surface area contributed by atoms with Gasteiger partial charge in [0.15, 0.2) is 0 Å². The minimum absolute atomic E-state index is 0.245. The van der Waals surface area contributed by atoms with Crippen molar-refractivity contribution >= 4 is 5.97 Å². The smallest absolute Gasteiger partial charge is 0.338 e. The van der Waals surface area contributed by atoms with Crippen LogP contribution in [0.1, 0.15) is 34.0 Å². The molecule has 0 aliphatic heterocycles. The Hall–Kier alpha value is -1.31. The second kappa shape index (κ2) is 4.27. The molecule has 0 aromatic heterocycles. The molecule has 2 nitrogen and oxygen atoms in total. The molecular formula is C12H16O2. The highest BCUT2D eigenvalue weighted by molar-refractivity contribution is 5.91. The van der Waals surface area contributed by atoms with E-state index in [1.54, 1.807) is 0 Å². The summed E-state index contributed by atoms with van der Waals surface area (Å²) in [6.45, 7) is 6.09. The van der Waals surface area contributed by atoms with E-state index in [1.165, 1.54) is 12.7 Å². The Labute approximate surface area is 84.9 Å². The fourth-order valence-corrected chi connectivity index (χ4v) is 1.47. The number of rotatable bonds is 2. The van der Waals surface area contributed by atoms with Crippen molar-refractivity contribution in [2.75, 3.05) is 7.11 Å². The third-order valence-electron chi connectivity index (χ3n) is 2.51. The van der Waals surface area contributed by atoms with Crippen molar-refractivity contribution in [2.45, 2.75) is 27.2 Å².